The largest absolute Gasteiger partial charge is 0.356 e. The van der Waals surface area contributed by atoms with E-state index in [1.807, 2.05) is 12.1 Å². The monoisotopic (exact) mass is 630 g/mol. The van der Waals surface area contributed by atoms with Crippen molar-refractivity contribution in [1.82, 2.24) is 0 Å². The minimum atomic E-state index is 0.126. The minimum absolute atomic E-state index is 0.126. The van der Waals surface area contributed by atoms with Gasteiger partial charge in [0.2, 0.25) is 5.91 Å². The summed E-state index contributed by atoms with van der Waals surface area (Å²) >= 11 is 0. The molecule has 0 radical (unpaired) electrons. The molecule has 2 N–H and O–H groups in total. The number of unbranched alkanes of at least 4 members (excludes halogenated alkanes) is 14. The third-order valence-electron chi connectivity index (χ3n) is 9.10. The van der Waals surface area contributed by atoms with E-state index in [0.717, 1.165) is 42.7 Å². The second-order valence-electron chi connectivity index (χ2n) is 13.3. The fourth-order valence-electron chi connectivity index (χ4n) is 6.23. The van der Waals surface area contributed by atoms with Crippen LogP contribution >= 0.6 is 0 Å². The van der Waals surface area contributed by atoms with Crippen LogP contribution in [0.1, 0.15) is 132 Å². The molecule has 0 bridgehead atoms. The zero-order valence-corrected chi connectivity index (χ0v) is 29.0. The quantitative estimate of drug-likeness (QED) is 0.0801. The van der Waals surface area contributed by atoms with Crippen LogP contribution < -0.4 is 10.6 Å². The number of carbonyl (C=O) groups is 1. The van der Waals surface area contributed by atoms with Crippen molar-refractivity contribution in [1.29, 1.82) is 0 Å². The average molecular weight is 631 g/mol. The number of nitrogens with one attached hydrogen (secondary N) is 2. The second-order valence-corrected chi connectivity index (χ2v) is 13.3. The summed E-state index contributed by atoms with van der Waals surface area (Å²) in [5.41, 5.74) is 8.19. The van der Waals surface area contributed by atoms with E-state index in [2.05, 4.69) is 109 Å². The third-order valence-corrected chi connectivity index (χ3v) is 9.10. The molecule has 250 valence electrons. The number of anilines is 3. The van der Waals surface area contributed by atoms with E-state index in [9.17, 15) is 4.79 Å². The zero-order chi connectivity index (χ0) is 32.8. The van der Waals surface area contributed by atoms with Gasteiger partial charge in [-0.15, -0.1) is 0 Å². The number of amides is 1. The number of carbonyl (C=O) groups excluding carboxylic acids is 1. The number of benzene rings is 4. The van der Waals surface area contributed by atoms with Crippen molar-refractivity contribution in [3.63, 3.8) is 0 Å². The summed E-state index contributed by atoms with van der Waals surface area (Å²) in [6.07, 6.45) is 22.5. The van der Waals surface area contributed by atoms with Gasteiger partial charge in [0.1, 0.15) is 0 Å². The Morgan fingerprint density at radius 2 is 0.787 bits per heavy atom. The Morgan fingerprint density at radius 1 is 0.426 bits per heavy atom. The fraction of sp³-hybridized carbons (Fsp3) is 0.432. The van der Waals surface area contributed by atoms with Gasteiger partial charge in [-0.25, -0.2) is 0 Å². The predicted octanol–water partition coefficient (Wildman–Crippen LogP) is 12.8. The summed E-state index contributed by atoms with van der Waals surface area (Å²) in [4.78, 5) is 12.5. The zero-order valence-electron chi connectivity index (χ0n) is 29.0. The molecule has 0 aliphatic heterocycles. The van der Waals surface area contributed by atoms with Gasteiger partial charge in [-0.2, -0.15) is 0 Å². The maximum Gasteiger partial charge on any atom is 0.224 e. The lowest BCUT2D eigenvalue weighted by Gasteiger charge is -2.10. The Bertz CT molecular complexity index is 1380. The van der Waals surface area contributed by atoms with Crippen molar-refractivity contribution >= 4 is 23.0 Å². The maximum absolute atomic E-state index is 12.5. The summed E-state index contributed by atoms with van der Waals surface area (Å²) in [7, 11) is 0. The van der Waals surface area contributed by atoms with E-state index < -0.39 is 0 Å². The lowest BCUT2D eigenvalue weighted by molar-refractivity contribution is -0.116. The first-order valence-electron chi connectivity index (χ1n) is 18.6. The third kappa shape index (κ3) is 15.1. The van der Waals surface area contributed by atoms with Gasteiger partial charge in [0.05, 0.1) is 0 Å². The van der Waals surface area contributed by atoms with Crippen LogP contribution in [0.3, 0.4) is 0 Å². The average Bonchev–Trinajstić information content (AvgIpc) is 3.09. The van der Waals surface area contributed by atoms with Gasteiger partial charge < -0.3 is 10.6 Å². The van der Waals surface area contributed by atoms with Crippen LogP contribution in [-0.4, -0.2) is 5.91 Å². The van der Waals surface area contributed by atoms with Crippen LogP contribution in [0, 0.1) is 0 Å². The maximum atomic E-state index is 12.5. The van der Waals surface area contributed by atoms with Gasteiger partial charge in [0, 0.05) is 23.5 Å². The van der Waals surface area contributed by atoms with Gasteiger partial charge in [-0.05, 0) is 77.9 Å². The summed E-state index contributed by atoms with van der Waals surface area (Å²) < 4.78 is 0. The molecule has 0 saturated carbocycles. The van der Waals surface area contributed by atoms with Crippen LogP contribution in [-0.2, 0) is 17.6 Å². The Kier molecular flexibility index (Phi) is 16.7. The lowest BCUT2D eigenvalue weighted by Crippen LogP contribution is -2.11. The van der Waals surface area contributed by atoms with Crippen molar-refractivity contribution in [2.24, 2.45) is 0 Å². The Labute approximate surface area is 285 Å². The molecule has 0 heterocycles. The first-order chi connectivity index (χ1) is 23.2. The van der Waals surface area contributed by atoms with E-state index in [1.54, 1.807) is 0 Å². The highest BCUT2D eigenvalue weighted by molar-refractivity contribution is 5.90. The molecule has 4 aromatic rings. The first-order valence-corrected chi connectivity index (χ1v) is 18.6. The summed E-state index contributed by atoms with van der Waals surface area (Å²) in [5, 5.41) is 6.60. The summed E-state index contributed by atoms with van der Waals surface area (Å²) in [6.45, 7) is 2.28. The van der Waals surface area contributed by atoms with E-state index in [-0.39, 0.29) is 5.91 Å². The molecule has 0 aliphatic carbocycles. The van der Waals surface area contributed by atoms with Crippen molar-refractivity contribution in [3.8, 4) is 0 Å². The van der Waals surface area contributed by atoms with Crippen molar-refractivity contribution in [2.75, 3.05) is 10.6 Å². The normalized spacial score (nSPS) is 11.0. The molecule has 0 fully saturated rings. The van der Waals surface area contributed by atoms with Crippen molar-refractivity contribution in [2.45, 2.75) is 122 Å². The smallest absolute Gasteiger partial charge is 0.224 e. The van der Waals surface area contributed by atoms with Gasteiger partial charge in [0.15, 0.2) is 0 Å². The van der Waals surface area contributed by atoms with E-state index >= 15 is 0 Å². The molecule has 0 unspecified atom stereocenters. The number of rotatable bonds is 23. The molecular weight excluding hydrogens is 572 g/mol. The number of hydrogen-bond donors (Lipinski definition) is 2. The first kappa shape index (κ1) is 36.0. The van der Waals surface area contributed by atoms with E-state index in [1.165, 1.54) is 106 Å². The summed E-state index contributed by atoms with van der Waals surface area (Å²) in [5.74, 6) is 0.126. The van der Waals surface area contributed by atoms with Gasteiger partial charge >= 0.3 is 0 Å². The molecule has 47 heavy (non-hydrogen) atoms. The lowest BCUT2D eigenvalue weighted by atomic mass is 10.0. The molecule has 4 rings (SSSR count). The highest BCUT2D eigenvalue weighted by atomic mass is 16.1. The summed E-state index contributed by atoms with van der Waals surface area (Å²) in [6, 6.07) is 36.2. The molecule has 3 nitrogen and oxygen atoms in total. The van der Waals surface area contributed by atoms with E-state index in [0.29, 0.717) is 6.42 Å². The topological polar surface area (TPSA) is 41.1 Å². The van der Waals surface area contributed by atoms with Crippen LogP contribution in [0.15, 0.2) is 103 Å². The molecular formula is C44H58N2O. The Hall–Kier alpha value is -3.85. The molecule has 0 aromatic heterocycles. The van der Waals surface area contributed by atoms with Crippen LogP contribution in [0.4, 0.5) is 17.1 Å². The Balaban J connectivity index is 1.04. The SMILES string of the molecule is CCCCCCCCCCCCCCCCCC(=O)Nc1ccc(Cc2ccc(Nc3ccc(Cc4ccccc4)cc3)cc2)cc1. The fourth-order valence-corrected chi connectivity index (χ4v) is 6.23. The molecule has 1 amide bonds. The number of hydrogen-bond acceptors (Lipinski definition) is 2. The predicted molar refractivity (Wildman–Crippen MR) is 203 cm³/mol. The van der Waals surface area contributed by atoms with Crippen LogP contribution in [0.25, 0.3) is 0 Å². The van der Waals surface area contributed by atoms with E-state index in [4.69, 9.17) is 0 Å². The van der Waals surface area contributed by atoms with Crippen molar-refractivity contribution < 1.29 is 4.79 Å². The van der Waals surface area contributed by atoms with Gasteiger partial charge in [-0.3, -0.25) is 4.79 Å². The molecule has 4 aromatic carbocycles. The van der Waals surface area contributed by atoms with Crippen molar-refractivity contribution in [3.05, 3.63) is 125 Å². The van der Waals surface area contributed by atoms with Gasteiger partial charge in [0.25, 0.3) is 0 Å². The van der Waals surface area contributed by atoms with Gasteiger partial charge in [-0.1, -0.05) is 164 Å². The highest BCUT2D eigenvalue weighted by Gasteiger charge is 2.04. The Morgan fingerprint density at radius 3 is 1.21 bits per heavy atom. The second kappa shape index (κ2) is 21.9. The molecule has 0 saturated heterocycles. The minimum Gasteiger partial charge on any atom is -0.356 e. The molecule has 0 spiro atoms. The standard InChI is InChI=1S/C44H58N2O/c1-2-3-4-5-6-7-8-9-10-11-12-13-14-15-19-22-44(47)46-43-33-27-40(28-34-43)36-39-25-31-42(32-26-39)45-41-29-23-38(24-30-41)35-37-20-17-16-18-21-37/h16-18,20-21,23-34,45H,2-15,19,22,35-36H2,1H3,(H,46,47). The molecule has 0 aliphatic rings. The molecule has 3 heteroatoms. The molecule has 0 atom stereocenters. The van der Waals surface area contributed by atoms with Crippen LogP contribution in [0.2, 0.25) is 0 Å². The highest BCUT2D eigenvalue weighted by Crippen LogP contribution is 2.21. The van der Waals surface area contributed by atoms with Crippen LogP contribution in [0.5, 0.6) is 0 Å².